The van der Waals surface area contributed by atoms with Crippen molar-refractivity contribution in [3.63, 3.8) is 0 Å². The van der Waals surface area contributed by atoms with Gasteiger partial charge in [0.25, 0.3) is 0 Å². The van der Waals surface area contributed by atoms with Crippen molar-refractivity contribution in [1.29, 1.82) is 0 Å². The van der Waals surface area contributed by atoms with E-state index in [4.69, 9.17) is 4.98 Å². The standard InChI is InChI=1S/C34H21N/c1-2-12-22(13-3-1)32-26-17-5-4-16-25(26)31-33(35-32)27-18-8-11-21-30(27)34(31)28-19-9-6-14-23(28)24-15-7-10-20-29(24)34/h1-21H. The predicted octanol–water partition coefficient (Wildman–Crippen LogP) is 8.25. The van der Waals surface area contributed by atoms with Crippen molar-refractivity contribution in [3.05, 3.63) is 150 Å². The molecule has 0 aliphatic heterocycles. The highest BCUT2D eigenvalue weighted by atomic mass is 14.8. The molecule has 5 aromatic carbocycles. The van der Waals surface area contributed by atoms with Gasteiger partial charge in [-0.3, -0.25) is 0 Å². The van der Waals surface area contributed by atoms with Gasteiger partial charge in [0.2, 0.25) is 0 Å². The molecule has 0 fully saturated rings. The molecule has 0 bridgehead atoms. The topological polar surface area (TPSA) is 12.9 Å². The fraction of sp³-hybridized carbons (Fsp3) is 0.0294. The Morgan fingerprint density at radius 1 is 0.400 bits per heavy atom. The molecule has 1 spiro atoms. The molecule has 1 heterocycles. The number of pyridine rings is 1. The summed E-state index contributed by atoms with van der Waals surface area (Å²) in [5, 5.41) is 2.48. The van der Waals surface area contributed by atoms with E-state index in [1.54, 1.807) is 0 Å². The van der Waals surface area contributed by atoms with Crippen molar-refractivity contribution < 1.29 is 0 Å². The van der Waals surface area contributed by atoms with Gasteiger partial charge in [0.05, 0.1) is 16.8 Å². The van der Waals surface area contributed by atoms with Gasteiger partial charge in [-0.2, -0.15) is 0 Å². The fourth-order valence-corrected chi connectivity index (χ4v) is 6.60. The Bertz CT molecular complexity index is 1750. The Hall–Kier alpha value is -4.49. The maximum atomic E-state index is 5.46. The first-order chi connectivity index (χ1) is 17.4. The van der Waals surface area contributed by atoms with Gasteiger partial charge in [0.1, 0.15) is 0 Å². The lowest BCUT2D eigenvalue weighted by Crippen LogP contribution is -2.26. The van der Waals surface area contributed by atoms with Gasteiger partial charge >= 0.3 is 0 Å². The van der Waals surface area contributed by atoms with Crippen LogP contribution in [0.25, 0.3) is 44.4 Å². The SMILES string of the molecule is c1ccc(-c2nc3c(c4ccccc24)C2(c4ccccc4-c4ccccc42)c2ccccc2-3)cc1. The highest BCUT2D eigenvalue weighted by Crippen LogP contribution is 2.63. The van der Waals surface area contributed by atoms with E-state index < -0.39 is 0 Å². The van der Waals surface area contributed by atoms with Crippen LogP contribution in [0, 0.1) is 0 Å². The molecule has 0 radical (unpaired) electrons. The minimum Gasteiger partial charge on any atom is -0.247 e. The van der Waals surface area contributed by atoms with E-state index in [0.717, 1.165) is 17.0 Å². The lowest BCUT2D eigenvalue weighted by atomic mass is 9.69. The van der Waals surface area contributed by atoms with Gasteiger partial charge in [-0.25, -0.2) is 4.98 Å². The van der Waals surface area contributed by atoms with Crippen molar-refractivity contribution in [1.82, 2.24) is 4.98 Å². The second kappa shape index (κ2) is 6.77. The number of rotatable bonds is 1. The van der Waals surface area contributed by atoms with Crippen LogP contribution in [-0.4, -0.2) is 4.98 Å². The Morgan fingerprint density at radius 3 is 1.54 bits per heavy atom. The zero-order valence-corrected chi connectivity index (χ0v) is 19.1. The Kier molecular flexibility index (Phi) is 3.65. The van der Waals surface area contributed by atoms with Crippen LogP contribution in [-0.2, 0) is 5.41 Å². The van der Waals surface area contributed by atoms with E-state index in [1.165, 1.54) is 49.7 Å². The summed E-state index contributed by atoms with van der Waals surface area (Å²) in [7, 11) is 0. The van der Waals surface area contributed by atoms with Crippen LogP contribution in [0.1, 0.15) is 22.3 Å². The third kappa shape index (κ3) is 2.26. The summed E-state index contributed by atoms with van der Waals surface area (Å²) >= 11 is 0. The van der Waals surface area contributed by atoms with Gasteiger partial charge in [-0.1, -0.05) is 127 Å². The van der Waals surface area contributed by atoms with Gasteiger partial charge in [-0.15, -0.1) is 0 Å². The van der Waals surface area contributed by atoms with E-state index in [9.17, 15) is 0 Å². The van der Waals surface area contributed by atoms with E-state index in [0.29, 0.717) is 0 Å². The fourth-order valence-electron chi connectivity index (χ4n) is 6.60. The molecule has 0 N–H and O–H groups in total. The summed E-state index contributed by atoms with van der Waals surface area (Å²) in [6.45, 7) is 0. The van der Waals surface area contributed by atoms with Crippen molar-refractivity contribution in [2.75, 3.05) is 0 Å². The van der Waals surface area contributed by atoms with Crippen molar-refractivity contribution in [3.8, 4) is 33.6 Å². The van der Waals surface area contributed by atoms with Gasteiger partial charge in [0, 0.05) is 22.1 Å². The average Bonchev–Trinajstić information content (AvgIpc) is 3.40. The third-order valence-electron chi connectivity index (χ3n) is 7.87. The zero-order valence-electron chi connectivity index (χ0n) is 19.1. The molecule has 162 valence electrons. The first-order valence-electron chi connectivity index (χ1n) is 12.2. The number of fused-ring (bicyclic) bond motifs is 12. The lowest BCUT2D eigenvalue weighted by molar-refractivity contribution is 0.799. The first-order valence-corrected chi connectivity index (χ1v) is 12.2. The molecule has 0 amide bonds. The molecule has 2 aliphatic rings. The molecule has 8 rings (SSSR count). The Balaban J connectivity index is 1.62. The van der Waals surface area contributed by atoms with Gasteiger partial charge in [0.15, 0.2) is 0 Å². The van der Waals surface area contributed by atoms with Gasteiger partial charge in [-0.05, 0) is 33.2 Å². The molecule has 0 saturated carbocycles. The quantitative estimate of drug-likeness (QED) is 0.249. The normalized spacial score (nSPS) is 13.9. The van der Waals surface area contributed by atoms with Crippen LogP contribution in [0.5, 0.6) is 0 Å². The smallest absolute Gasteiger partial charge is 0.0788 e. The number of benzene rings is 5. The van der Waals surface area contributed by atoms with Gasteiger partial charge < -0.3 is 0 Å². The van der Waals surface area contributed by atoms with Crippen LogP contribution in [0.2, 0.25) is 0 Å². The molecule has 1 aromatic heterocycles. The molecule has 1 heteroatoms. The Labute approximate surface area is 204 Å². The first kappa shape index (κ1) is 18.9. The number of nitrogens with zero attached hydrogens (tertiary/aromatic N) is 1. The maximum absolute atomic E-state index is 5.46. The summed E-state index contributed by atoms with van der Waals surface area (Å²) in [5.41, 5.74) is 12.1. The molecule has 0 atom stereocenters. The molecule has 1 nitrogen and oxygen atoms in total. The van der Waals surface area contributed by atoms with Crippen LogP contribution in [0.3, 0.4) is 0 Å². The molecule has 35 heavy (non-hydrogen) atoms. The van der Waals surface area contributed by atoms with Crippen molar-refractivity contribution >= 4 is 10.8 Å². The second-order valence-electron chi connectivity index (χ2n) is 9.48. The van der Waals surface area contributed by atoms with E-state index in [1.807, 2.05) is 0 Å². The minimum absolute atomic E-state index is 0.374. The number of aromatic nitrogens is 1. The maximum Gasteiger partial charge on any atom is 0.0788 e. The van der Waals surface area contributed by atoms with E-state index >= 15 is 0 Å². The largest absolute Gasteiger partial charge is 0.247 e. The second-order valence-corrected chi connectivity index (χ2v) is 9.48. The van der Waals surface area contributed by atoms with E-state index in [2.05, 4.69) is 127 Å². The average molecular weight is 444 g/mol. The molecular formula is C34H21N. The van der Waals surface area contributed by atoms with Crippen molar-refractivity contribution in [2.45, 2.75) is 5.41 Å². The number of hydrogen-bond donors (Lipinski definition) is 0. The molecule has 2 aliphatic carbocycles. The van der Waals surface area contributed by atoms with Crippen LogP contribution in [0.4, 0.5) is 0 Å². The highest BCUT2D eigenvalue weighted by molar-refractivity contribution is 6.06. The summed E-state index contributed by atoms with van der Waals surface area (Å²) < 4.78 is 0. The lowest BCUT2D eigenvalue weighted by Gasteiger charge is -2.31. The molecule has 0 unspecified atom stereocenters. The number of hydrogen-bond acceptors (Lipinski definition) is 1. The molecule has 0 saturated heterocycles. The van der Waals surface area contributed by atoms with Crippen LogP contribution >= 0.6 is 0 Å². The predicted molar refractivity (Wildman–Crippen MR) is 143 cm³/mol. The van der Waals surface area contributed by atoms with E-state index in [-0.39, 0.29) is 5.41 Å². The summed E-state index contributed by atoms with van der Waals surface area (Å²) in [6, 6.07) is 46.2. The highest BCUT2D eigenvalue weighted by Gasteiger charge is 2.53. The Morgan fingerprint density at radius 2 is 0.886 bits per heavy atom. The molecule has 6 aromatic rings. The van der Waals surface area contributed by atoms with Crippen LogP contribution in [0.15, 0.2) is 127 Å². The monoisotopic (exact) mass is 443 g/mol. The summed E-state index contributed by atoms with van der Waals surface area (Å²) in [4.78, 5) is 5.46. The minimum atomic E-state index is -0.374. The zero-order chi connectivity index (χ0) is 23.0. The molecular weight excluding hydrogens is 422 g/mol. The summed E-state index contributed by atoms with van der Waals surface area (Å²) in [5.74, 6) is 0. The third-order valence-corrected chi connectivity index (χ3v) is 7.87. The summed E-state index contributed by atoms with van der Waals surface area (Å²) in [6.07, 6.45) is 0. The van der Waals surface area contributed by atoms with Crippen molar-refractivity contribution in [2.24, 2.45) is 0 Å². The van der Waals surface area contributed by atoms with Crippen LogP contribution < -0.4 is 0 Å².